The van der Waals surface area contributed by atoms with Gasteiger partial charge < -0.3 is 24.4 Å². The first-order valence-electron chi connectivity index (χ1n) is 20.7. The number of aromatic nitrogens is 5. The van der Waals surface area contributed by atoms with E-state index in [4.69, 9.17) is 14.2 Å². The average Bonchev–Trinajstić information content (AvgIpc) is 3.32. The van der Waals surface area contributed by atoms with E-state index in [1.165, 1.54) is 36.7 Å². The SMILES string of the molecule is CC(=O)OCc1cncn(C(C(=O)O)(c2ccccc2)N(C(=O)Cn2c(-c3ccccc3)ncc(COC(C)=O)c2=O)C(Cc2ccccc2)C(O)C(=O)CCCOc2ccccn2)c1=O. The predicted molar refractivity (Wildman–Crippen MR) is 235 cm³/mol. The number of carboxylic acids is 1. The summed E-state index contributed by atoms with van der Waals surface area (Å²) < 4.78 is 17.5. The minimum absolute atomic E-state index is 0.00258. The second-order valence-electron chi connectivity index (χ2n) is 14.9. The van der Waals surface area contributed by atoms with Gasteiger partial charge in [-0.3, -0.25) is 42.8 Å². The topological polar surface area (TPSA) is 239 Å². The molecule has 18 nitrogen and oxygen atoms in total. The lowest BCUT2D eigenvalue weighted by molar-refractivity contribution is -0.172. The number of benzene rings is 3. The van der Waals surface area contributed by atoms with Crippen LogP contribution in [0.15, 0.2) is 144 Å². The van der Waals surface area contributed by atoms with Crippen molar-refractivity contribution in [1.82, 2.24) is 29.0 Å². The van der Waals surface area contributed by atoms with Crippen LogP contribution in [0.1, 0.15) is 48.9 Å². The Balaban J connectivity index is 1.61. The summed E-state index contributed by atoms with van der Waals surface area (Å²) in [5.41, 5.74) is -4.73. The van der Waals surface area contributed by atoms with Crippen molar-refractivity contribution in [3.8, 4) is 17.3 Å². The number of ether oxygens (including phenoxy) is 3. The Morgan fingerprint density at radius 1 is 0.758 bits per heavy atom. The molecule has 0 saturated heterocycles. The molecule has 340 valence electrons. The molecule has 3 heterocycles. The minimum Gasteiger partial charge on any atom is -0.478 e. The lowest BCUT2D eigenvalue weighted by atomic mass is 9.88. The summed E-state index contributed by atoms with van der Waals surface area (Å²) >= 11 is 0. The zero-order valence-corrected chi connectivity index (χ0v) is 36.0. The number of aliphatic hydroxyl groups is 1. The number of carboxylic acid groups (broad SMARTS) is 1. The number of pyridine rings is 1. The monoisotopic (exact) mass is 898 g/mol. The third-order valence-corrected chi connectivity index (χ3v) is 10.4. The molecule has 0 aliphatic carbocycles. The molecule has 0 saturated carbocycles. The van der Waals surface area contributed by atoms with E-state index in [-0.39, 0.29) is 48.4 Å². The number of amides is 1. The number of nitrogens with zero attached hydrogens (tertiary/aromatic N) is 6. The summed E-state index contributed by atoms with van der Waals surface area (Å²) in [6.45, 7) is 0.104. The zero-order valence-electron chi connectivity index (χ0n) is 36.0. The molecule has 0 radical (unpaired) electrons. The zero-order chi connectivity index (χ0) is 47.2. The summed E-state index contributed by atoms with van der Waals surface area (Å²) in [6.07, 6.45) is 1.92. The summed E-state index contributed by atoms with van der Waals surface area (Å²) in [5, 5.41) is 24.3. The Kier molecular flexibility index (Phi) is 15.8. The molecular weight excluding hydrogens is 853 g/mol. The van der Waals surface area contributed by atoms with Gasteiger partial charge in [0, 0.05) is 56.1 Å². The van der Waals surface area contributed by atoms with E-state index < -0.39 is 78.3 Å². The largest absolute Gasteiger partial charge is 0.478 e. The van der Waals surface area contributed by atoms with Gasteiger partial charge in [-0.2, -0.15) is 0 Å². The second-order valence-corrected chi connectivity index (χ2v) is 14.9. The third kappa shape index (κ3) is 11.0. The lowest BCUT2D eigenvalue weighted by Gasteiger charge is -2.47. The normalized spacial score (nSPS) is 12.8. The van der Waals surface area contributed by atoms with Crippen LogP contribution in [-0.4, -0.2) is 87.6 Å². The van der Waals surface area contributed by atoms with Crippen LogP contribution in [-0.2, 0) is 65.3 Å². The number of aliphatic carboxylic acids is 1. The molecule has 0 aliphatic rings. The summed E-state index contributed by atoms with van der Waals surface area (Å²) in [7, 11) is 0. The average molecular weight is 899 g/mol. The Bertz CT molecular complexity index is 2770. The minimum atomic E-state index is -3.00. The van der Waals surface area contributed by atoms with E-state index in [0.29, 0.717) is 21.6 Å². The fraction of sp³-hybridized carbons (Fsp3) is 0.250. The van der Waals surface area contributed by atoms with Gasteiger partial charge in [-0.05, 0) is 24.5 Å². The van der Waals surface area contributed by atoms with E-state index in [1.807, 2.05) is 0 Å². The number of carbonyl (C=O) groups excluding carboxylic acids is 4. The molecule has 3 aromatic carbocycles. The van der Waals surface area contributed by atoms with Gasteiger partial charge in [0.05, 0.1) is 23.8 Å². The smallest absolute Gasteiger partial charge is 0.356 e. The van der Waals surface area contributed by atoms with E-state index in [2.05, 4.69) is 15.0 Å². The van der Waals surface area contributed by atoms with Crippen LogP contribution in [0.3, 0.4) is 0 Å². The second kappa shape index (κ2) is 22.0. The Hall–Kier alpha value is -8.12. The molecule has 1 amide bonds. The van der Waals surface area contributed by atoms with Gasteiger partial charge in [-0.1, -0.05) is 97.1 Å². The van der Waals surface area contributed by atoms with Crippen molar-refractivity contribution in [3.05, 3.63) is 177 Å². The maximum Gasteiger partial charge on any atom is 0.356 e. The van der Waals surface area contributed by atoms with Crippen LogP contribution in [0.2, 0.25) is 0 Å². The molecule has 3 unspecified atom stereocenters. The van der Waals surface area contributed by atoms with Gasteiger partial charge in [-0.15, -0.1) is 0 Å². The molecule has 3 aromatic heterocycles. The standard InChI is InChI=1S/C48H46N6O12/c1-32(55)65-29-36-26-49-31-53(46(36)61)48(47(62)63,38-19-10-5-11-20-38)54(42(58)28-52-44(35-17-8-4-9-18-35)51-27-37(45(52)60)30-66-33(2)56)39(25-34-15-6-3-7-16-34)43(59)40(57)21-14-24-64-41-22-12-13-23-50-41/h3-13,15-20,22-23,26-27,31,39,43,59H,14,21,24-25,28-30H2,1-2H3,(H,62,63). The highest BCUT2D eigenvalue weighted by Gasteiger charge is 2.56. The summed E-state index contributed by atoms with van der Waals surface area (Å²) in [4.78, 5) is 111. The van der Waals surface area contributed by atoms with Crippen LogP contribution in [0.5, 0.6) is 5.88 Å². The molecule has 3 atom stereocenters. The van der Waals surface area contributed by atoms with Gasteiger partial charge >= 0.3 is 17.9 Å². The number of hydrogen-bond acceptors (Lipinski definition) is 14. The molecule has 18 heteroatoms. The van der Waals surface area contributed by atoms with E-state index in [1.54, 1.807) is 84.9 Å². The first kappa shape index (κ1) is 47.4. The van der Waals surface area contributed by atoms with Crippen molar-refractivity contribution in [1.29, 1.82) is 0 Å². The fourth-order valence-electron chi connectivity index (χ4n) is 7.37. The number of esters is 2. The van der Waals surface area contributed by atoms with E-state index in [9.17, 15) is 39.0 Å². The molecule has 0 bridgehead atoms. The molecule has 2 N–H and O–H groups in total. The summed E-state index contributed by atoms with van der Waals surface area (Å²) in [6, 6.07) is 27.0. The van der Waals surface area contributed by atoms with Gasteiger partial charge in [0.15, 0.2) is 5.78 Å². The number of hydrogen-bond donors (Lipinski definition) is 2. The van der Waals surface area contributed by atoms with Crippen LogP contribution < -0.4 is 15.9 Å². The molecule has 6 rings (SSSR count). The first-order valence-corrected chi connectivity index (χ1v) is 20.7. The molecule has 6 aromatic rings. The maximum absolute atomic E-state index is 15.8. The molecule has 0 fully saturated rings. The van der Waals surface area contributed by atoms with Crippen molar-refractivity contribution in [3.63, 3.8) is 0 Å². The van der Waals surface area contributed by atoms with Crippen molar-refractivity contribution < 1.29 is 48.4 Å². The molecule has 66 heavy (non-hydrogen) atoms. The van der Waals surface area contributed by atoms with Gasteiger partial charge in [0.2, 0.25) is 17.5 Å². The van der Waals surface area contributed by atoms with E-state index in [0.717, 1.165) is 35.8 Å². The predicted octanol–water partition coefficient (Wildman–Crippen LogP) is 3.70. The number of Topliss-reactive ketones (excluding diaryl/α,β-unsaturated/α-hetero) is 1. The number of aliphatic hydroxyl groups excluding tert-OH is 1. The Morgan fingerprint density at radius 3 is 1.97 bits per heavy atom. The Labute approximate surface area is 377 Å². The fourth-order valence-corrected chi connectivity index (χ4v) is 7.37. The van der Waals surface area contributed by atoms with Crippen molar-refractivity contribution in [2.75, 3.05) is 6.61 Å². The summed E-state index contributed by atoms with van der Waals surface area (Å²) in [5.74, 6) is -5.05. The van der Waals surface area contributed by atoms with Crippen molar-refractivity contribution >= 4 is 29.6 Å². The van der Waals surface area contributed by atoms with Crippen LogP contribution in [0, 0.1) is 0 Å². The van der Waals surface area contributed by atoms with Crippen molar-refractivity contribution in [2.24, 2.45) is 0 Å². The Morgan fingerprint density at radius 2 is 1.36 bits per heavy atom. The molecule has 0 aliphatic heterocycles. The number of ketones is 1. The first-order chi connectivity index (χ1) is 31.8. The van der Waals surface area contributed by atoms with E-state index >= 15 is 4.79 Å². The number of carbonyl (C=O) groups is 5. The highest BCUT2D eigenvalue weighted by atomic mass is 16.5. The van der Waals surface area contributed by atoms with Crippen molar-refractivity contribution in [2.45, 2.75) is 70.7 Å². The van der Waals surface area contributed by atoms with Crippen LogP contribution in [0.25, 0.3) is 11.4 Å². The quantitative estimate of drug-likeness (QED) is 0.0774. The third-order valence-electron chi connectivity index (χ3n) is 10.4. The highest BCUT2D eigenvalue weighted by Crippen LogP contribution is 2.36. The van der Waals surface area contributed by atoms with Gasteiger partial charge in [0.25, 0.3) is 11.1 Å². The highest BCUT2D eigenvalue weighted by molar-refractivity contribution is 5.90. The van der Waals surface area contributed by atoms with Gasteiger partial charge in [-0.25, -0.2) is 19.7 Å². The van der Waals surface area contributed by atoms with Crippen LogP contribution >= 0.6 is 0 Å². The maximum atomic E-state index is 15.8. The van der Waals surface area contributed by atoms with Gasteiger partial charge in [0.1, 0.15) is 38.0 Å². The molecular formula is C48H46N6O12. The molecule has 0 spiro atoms. The number of rotatable bonds is 21. The van der Waals surface area contributed by atoms with Crippen LogP contribution in [0.4, 0.5) is 0 Å². The lowest BCUT2D eigenvalue weighted by Crippen LogP contribution is -2.68.